The molecule has 2 aliphatic rings. The van der Waals surface area contributed by atoms with Crippen molar-refractivity contribution in [3.63, 3.8) is 0 Å². The van der Waals surface area contributed by atoms with E-state index in [0.29, 0.717) is 0 Å². The summed E-state index contributed by atoms with van der Waals surface area (Å²) >= 11 is 3.55. The van der Waals surface area contributed by atoms with Crippen LogP contribution < -0.4 is 15.2 Å². The molecule has 0 unspecified atom stereocenters. The third kappa shape index (κ3) is 1.52. The minimum Gasteiger partial charge on any atom is -0.449 e. The molecule has 4 heteroatoms. The number of hydrogen-bond donors (Lipinski definition) is 1. The van der Waals surface area contributed by atoms with Gasteiger partial charge in [-0.2, -0.15) is 0 Å². The Morgan fingerprint density at radius 1 is 1.19 bits per heavy atom. The van der Waals surface area contributed by atoms with Crippen molar-refractivity contribution in [2.24, 2.45) is 5.73 Å². The second-order valence-corrected chi connectivity index (χ2v) is 5.89. The maximum atomic E-state index is 6.20. The number of ether oxygens (including phenoxy) is 2. The molecule has 0 saturated heterocycles. The summed E-state index contributed by atoms with van der Waals surface area (Å²) in [6.45, 7) is 3.80. The first-order valence-corrected chi connectivity index (χ1v) is 6.20. The summed E-state index contributed by atoms with van der Waals surface area (Å²) in [6.07, 6.45) is 2.07. The van der Waals surface area contributed by atoms with Crippen LogP contribution in [-0.2, 0) is 5.54 Å². The molecule has 0 radical (unpaired) electrons. The van der Waals surface area contributed by atoms with Crippen LogP contribution in [0.4, 0.5) is 0 Å². The summed E-state index contributed by atoms with van der Waals surface area (Å²) in [5.74, 6) is 0.996. The van der Waals surface area contributed by atoms with Crippen molar-refractivity contribution >= 4 is 15.9 Å². The normalized spacial score (nSPS) is 23.2. The molecule has 0 atom stereocenters. The van der Waals surface area contributed by atoms with Crippen LogP contribution in [0.25, 0.3) is 0 Å². The van der Waals surface area contributed by atoms with Gasteiger partial charge in [-0.15, -0.1) is 0 Å². The van der Waals surface area contributed by atoms with Gasteiger partial charge in [-0.05, 0) is 30.5 Å². The van der Waals surface area contributed by atoms with Crippen LogP contribution in [0, 0.1) is 0 Å². The zero-order chi connectivity index (χ0) is 11.6. The Morgan fingerprint density at radius 3 is 2.31 bits per heavy atom. The lowest BCUT2D eigenvalue weighted by atomic mass is 10.1. The van der Waals surface area contributed by atoms with E-state index in [1.165, 1.54) is 0 Å². The van der Waals surface area contributed by atoms with Crippen LogP contribution in [0.5, 0.6) is 11.5 Å². The zero-order valence-electron chi connectivity index (χ0n) is 9.34. The molecule has 3 nitrogen and oxygen atoms in total. The fourth-order valence-corrected chi connectivity index (χ4v) is 2.75. The van der Waals surface area contributed by atoms with Gasteiger partial charge in [-0.3, -0.25) is 0 Å². The van der Waals surface area contributed by atoms with E-state index in [4.69, 9.17) is 15.2 Å². The van der Waals surface area contributed by atoms with Crippen molar-refractivity contribution in [2.45, 2.75) is 38.0 Å². The lowest BCUT2D eigenvalue weighted by Gasteiger charge is -2.16. The molecule has 1 aromatic rings. The van der Waals surface area contributed by atoms with E-state index in [-0.39, 0.29) is 5.54 Å². The monoisotopic (exact) mass is 283 g/mol. The third-order valence-electron chi connectivity index (χ3n) is 3.07. The molecule has 1 aliphatic heterocycles. The average molecular weight is 284 g/mol. The topological polar surface area (TPSA) is 44.5 Å². The molecule has 86 valence electrons. The minimum absolute atomic E-state index is 0.163. The highest BCUT2D eigenvalue weighted by Gasteiger charge is 2.43. The molecule has 1 saturated carbocycles. The van der Waals surface area contributed by atoms with Gasteiger partial charge in [-0.1, -0.05) is 15.9 Å². The van der Waals surface area contributed by atoms with Gasteiger partial charge in [0.2, 0.25) is 5.79 Å². The Morgan fingerprint density at radius 2 is 1.75 bits per heavy atom. The first kappa shape index (κ1) is 10.4. The Hall–Kier alpha value is -0.740. The summed E-state index contributed by atoms with van der Waals surface area (Å²) in [5, 5.41) is 0. The molecule has 0 spiro atoms. The summed E-state index contributed by atoms with van der Waals surface area (Å²) in [5.41, 5.74) is 7.16. The van der Waals surface area contributed by atoms with Crippen LogP contribution in [0.2, 0.25) is 0 Å². The van der Waals surface area contributed by atoms with Crippen molar-refractivity contribution in [2.75, 3.05) is 0 Å². The molecule has 0 amide bonds. The fourth-order valence-electron chi connectivity index (χ4n) is 2.03. The molecule has 1 fully saturated rings. The molecule has 16 heavy (non-hydrogen) atoms. The minimum atomic E-state index is -0.578. The molecule has 1 heterocycles. The SMILES string of the molecule is CC1(C)Oc2cc(Br)c(C3(N)CC3)cc2O1. The lowest BCUT2D eigenvalue weighted by Crippen LogP contribution is -2.29. The number of hydrogen-bond acceptors (Lipinski definition) is 3. The van der Waals surface area contributed by atoms with E-state index in [9.17, 15) is 0 Å². The maximum absolute atomic E-state index is 6.20. The van der Waals surface area contributed by atoms with Crippen LogP contribution in [0.3, 0.4) is 0 Å². The molecular formula is C12H14BrNO2. The standard InChI is InChI=1S/C12H14BrNO2/c1-11(2)15-9-5-7(12(14)3-4-12)8(13)6-10(9)16-11/h5-6H,3-4,14H2,1-2H3. The molecule has 1 aliphatic carbocycles. The van der Waals surface area contributed by atoms with E-state index in [2.05, 4.69) is 15.9 Å². The molecule has 1 aromatic carbocycles. The van der Waals surface area contributed by atoms with Crippen LogP contribution in [-0.4, -0.2) is 5.79 Å². The Balaban J connectivity index is 2.07. The number of rotatable bonds is 1. The van der Waals surface area contributed by atoms with Crippen molar-refractivity contribution in [3.8, 4) is 11.5 Å². The highest BCUT2D eigenvalue weighted by molar-refractivity contribution is 9.10. The fraction of sp³-hybridized carbons (Fsp3) is 0.500. The summed E-state index contributed by atoms with van der Waals surface area (Å²) < 4.78 is 12.4. The summed E-state index contributed by atoms with van der Waals surface area (Å²) in [6, 6.07) is 3.95. The molecule has 2 N–H and O–H groups in total. The lowest BCUT2D eigenvalue weighted by molar-refractivity contribution is -0.0431. The van der Waals surface area contributed by atoms with Crippen molar-refractivity contribution in [1.82, 2.24) is 0 Å². The molecular weight excluding hydrogens is 270 g/mol. The van der Waals surface area contributed by atoms with Crippen LogP contribution in [0.1, 0.15) is 32.3 Å². The summed E-state index contributed by atoms with van der Waals surface area (Å²) in [4.78, 5) is 0. The number of nitrogens with two attached hydrogens (primary N) is 1. The van der Waals surface area contributed by atoms with Crippen LogP contribution >= 0.6 is 15.9 Å². The van der Waals surface area contributed by atoms with Crippen molar-refractivity contribution in [1.29, 1.82) is 0 Å². The van der Waals surface area contributed by atoms with E-state index in [1.54, 1.807) is 0 Å². The molecule has 0 bridgehead atoms. The van der Waals surface area contributed by atoms with E-state index >= 15 is 0 Å². The molecule has 0 aromatic heterocycles. The zero-order valence-corrected chi connectivity index (χ0v) is 10.9. The molecule has 3 rings (SSSR count). The highest BCUT2D eigenvalue weighted by atomic mass is 79.9. The number of halogens is 1. The van der Waals surface area contributed by atoms with Gasteiger partial charge in [0.05, 0.1) is 0 Å². The third-order valence-corrected chi connectivity index (χ3v) is 3.73. The Bertz CT molecular complexity index is 466. The van der Waals surface area contributed by atoms with Gasteiger partial charge in [0, 0.05) is 23.9 Å². The maximum Gasteiger partial charge on any atom is 0.246 e. The van der Waals surface area contributed by atoms with Gasteiger partial charge in [0.1, 0.15) is 0 Å². The largest absolute Gasteiger partial charge is 0.449 e. The Labute approximate surface area is 103 Å². The number of benzene rings is 1. The van der Waals surface area contributed by atoms with Crippen LogP contribution in [0.15, 0.2) is 16.6 Å². The van der Waals surface area contributed by atoms with E-state index in [1.807, 2.05) is 26.0 Å². The van der Waals surface area contributed by atoms with Gasteiger partial charge in [0.25, 0.3) is 0 Å². The van der Waals surface area contributed by atoms with Crippen molar-refractivity contribution in [3.05, 3.63) is 22.2 Å². The predicted octanol–water partition coefficient (Wildman–Crippen LogP) is 2.90. The van der Waals surface area contributed by atoms with Gasteiger partial charge in [-0.25, -0.2) is 0 Å². The smallest absolute Gasteiger partial charge is 0.246 e. The van der Waals surface area contributed by atoms with Crippen molar-refractivity contribution < 1.29 is 9.47 Å². The van der Waals surface area contributed by atoms with Gasteiger partial charge in [0.15, 0.2) is 11.5 Å². The second kappa shape index (κ2) is 2.93. The quantitative estimate of drug-likeness (QED) is 0.862. The Kier molecular flexibility index (Phi) is 1.91. The number of fused-ring (bicyclic) bond motifs is 1. The van der Waals surface area contributed by atoms with Gasteiger partial charge < -0.3 is 15.2 Å². The van der Waals surface area contributed by atoms with Gasteiger partial charge >= 0.3 is 0 Å². The van der Waals surface area contributed by atoms with E-state index < -0.39 is 5.79 Å². The van der Waals surface area contributed by atoms with E-state index in [0.717, 1.165) is 34.4 Å². The highest BCUT2D eigenvalue weighted by Crippen LogP contribution is 2.50. The first-order valence-electron chi connectivity index (χ1n) is 5.41. The first-order chi connectivity index (χ1) is 7.40. The average Bonchev–Trinajstić information content (AvgIpc) is 2.80. The second-order valence-electron chi connectivity index (χ2n) is 5.04. The summed E-state index contributed by atoms with van der Waals surface area (Å²) in [7, 11) is 0. The predicted molar refractivity (Wildman–Crippen MR) is 64.6 cm³/mol.